The van der Waals surface area contributed by atoms with E-state index in [1.165, 1.54) is 13.1 Å². The largest absolute Gasteiger partial charge is 0.231 e. The van der Waals surface area contributed by atoms with Crippen molar-refractivity contribution in [3.05, 3.63) is 24.4 Å². The molecule has 0 aromatic carbocycles. The van der Waals surface area contributed by atoms with E-state index < -0.39 is 14.0 Å². The Bertz CT molecular complexity index is 319. The van der Waals surface area contributed by atoms with Crippen LogP contribution in [0.4, 0.5) is 4.39 Å². The molecular formula is C11H16FNSi. The second-order valence-corrected chi connectivity index (χ2v) is 8.66. The molecule has 0 aliphatic rings. The molecule has 0 aliphatic heterocycles. The van der Waals surface area contributed by atoms with Gasteiger partial charge in [0.15, 0.2) is 5.97 Å². The third kappa shape index (κ3) is 7.50. The summed E-state index contributed by atoms with van der Waals surface area (Å²) in [6.45, 7) is 11.3. The normalized spacial score (nSPS) is 13.2. The van der Waals surface area contributed by atoms with Crippen LogP contribution in [-0.4, -0.2) is 14.0 Å². The van der Waals surface area contributed by atoms with E-state index >= 15 is 0 Å². The summed E-state index contributed by atoms with van der Waals surface area (Å²) in [5.41, 5.74) is 3.81. The van der Waals surface area contributed by atoms with E-state index in [1.807, 2.05) is 0 Å². The first-order valence-electron chi connectivity index (χ1n) is 4.41. The van der Waals surface area contributed by atoms with E-state index in [0.29, 0.717) is 5.57 Å². The summed E-state index contributed by atoms with van der Waals surface area (Å²) in [4.78, 5) is 3.53. The van der Waals surface area contributed by atoms with Crippen LogP contribution in [-0.2, 0) is 0 Å². The molecule has 0 rings (SSSR count). The summed E-state index contributed by atoms with van der Waals surface area (Å²) >= 11 is 0. The van der Waals surface area contributed by atoms with Gasteiger partial charge in [0.1, 0.15) is 8.07 Å². The minimum absolute atomic E-state index is 0.473. The standard InChI is InChI=1S/C11H16FNSi/c1-6-11(9-13-10(2)12)7-8-14(3,4)5/h6,9H,1H2,2-5H3/b11-9+,13-10+. The van der Waals surface area contributed by atoms with Crippen molar-refractivity contribution in [1.29, 1.82) is 0 Å². The Labute approximate surface area is 86.5 Å². The summed E-state index contributed by atoms with van der Waals surface area (Å²) in [7, 11) is -1.38. The Kier molecular flexibility index (Phi) is 5.10. The lowest BCUT2D eigenvalue weighted by atomic mass is 10.3. The first-order chi connectivity index (χ1) is 6.35. The number of nitrogens with zero attached hydrogens (tertiary/aromatic N) is 1. The number of allylic oxidation sites excluding steroid dienone is 2. The van der Waals surface area contributed by atoms with Gasteiger partial charge >= 0.3 is 0 Å². The Morgan fingerprint density at radius 1 is 1.43 bits per heavy atom. The monoisotopic (exact) mass is 209 g/mol. The zero-order chi connectivity index (χ0) is 11.2. The first kappa shape index (κ1) is 12.9. The molecule has 0 aromatic rings. The molecule has 0 spiro atoms. The van der Waals surface area contributed by atoms with Gasteiger partial charge in [-0.3, -0.25) is 0 Å². The predicted octanol–water partition coefficient (Wildman–Crippen LogP) is 3.33. The molecule has 0 bridgehead atoms. The third-order valence-electron chi connectivity index (χ3n) is 1.18. The highest BCUT2D eigenvalue weighted by atomic mass is 28.3. The highest BCUT2D eigenvalue weighted by Crippen LogP contribution is 2.00. The summed E-state index contributed by atoms with van der Waals surface area (Å²) < 4.78 is 12.3. The van der Waals surface area contributed by atoms with E-state index in [0.717, 1.165) is 0 Å². The summed E-state index contributed by atoms with van der Waals surface area (Å²) in [6.07, 6.45) is 2.98. The van der Waals surface area contributed by atoms with Crippen LogP contribution in [0.3, 0.4) is 0 Å². The summed E-state index contributed by atoms with van der Waals surface area (Å²) in [5, 5.41) is 0. The fourth-order valence-corrected chi connectivity index (χ4v) is 1.07. The summed E-state index contributed by atoms with van der Waals surface area (Å²) in [6, 6.07) is 0. The molecule has 0 amide bonds. The van der Waals surface area contributed by atoms with Crippen LogP contribution in [0.1, 0.15) is 6.92 Å². The van der Waals surface area contributed by atoms with E-state index in [4.69, 9.17) is 0 Å². The number of halogens is 1. The third-order valence-corrected chi connectivity index (χ3v) is 2.06. The van der Waals surface area contributed by atoms with Gasteiger partial charge in [-0.05, 0) is 0 Å². The number of hydrogen-bond donors (Lipinski definition) is 0. The molecule has 0 saturated heterocycles. The molecule has 0 saturated carbocycles. The van der Waals surface area contributed by atoms with Gasteiger partial charge in [-0.2, -0.15) is 4.39 Å². The minimum Gasteiger partial charge on any atom is -0.231 e. The van der Waals surface area contributed by atoms with E-state index in [9.17, 15) is 4.39 Å². The highest BCUT2D eigenvalue weighted by molar-refractivity contribution is 6.83. The van der Waals surface area contributed by atoms with Gasteiger partial charge in [-0.15, -0.1) is 5.54 Å². The number of aliphatic imine (C=N–C) groups is 1. The average molecular weight is 209 g/mol. The van der Waals surface area contributed by atoms with E-state index in [1.54, 1.807) is 6.08 Å². The maximum absolute atomic E-state index is 12.3. The van der Waals surface area contributed by atoms with Crippen LogP contribution in [0.25, 0.3) is 0 Å². The van der Waals surface area contributed by atoms with Crippen molar-refractivity contribution in [2.75, 3.05) is 0 Å². The minimum atomic E-state index is -1.38. The van der Waals surface area contributed by atoms with Gasteiger partial charge in [-0.1, -0.05) is 38.2 Å². The van der Waals surface area contributed by atoms with Crippen LogP contribution in [0.2, 0.25) is 19.6 Å². The Morgan fingerprint density at radius 2 is 2.00 bits per heavy atom. The van der Waals surface area contributed by atoms with Gasteiger partial charge < -0.3 is 0 Å². The topological polar surface area (TPSA) is 12.4 Å². The molecule has 3 heteroatoms. The molecule has 0 atom stereocenters. The maximum Gasteiger partial charge on any atom is 0.185 e. The maximum atomic E-state index is 12.3. The van der Waals surface area contributed by atoms with Gasteiger partial charge in [0.05, 0.1) is 0 Å². The van der Waals surface area contributed by atoms with Crippen molar-refractivity contribution in [2.45, 2.75) is 26.6 Å². The Morgan fingerprint density at radius 3 is 2.36 bits per heavy atom. The van der Waals surface area contributed by atoms with Crippen LogP contribution >= 0.6 is 0 Å². The Hall–Kier alpha value is -1.14. The SMILES string of the molecule is C=C/C(C#C[Si](C)(C)C)=C\N=C(/C)F. The van der Waals surface area contributed by atoms with Crippen molar-refractivity contribution < 1.29 is 4.39 Å². The van der Waals surface area contributed by atoms with Gasteiger partial charge in [0.2, 0.25) is 0 Å². The number of rotatable bonds is 2. The van der Waals surface area contributed by atoms with Crippen LogP contribution < -0.4 is 0 Å². The lowest BCUT2D eigenvalue weighted by molar-refractivity contribution is 0.798. The van der Waals surface area contributed by atoms with Crippen LogP contribution in [0.5, 0.6) is 0 Å². The molecular weight excluding hydrogens is 193 g/mol. The first-order valence-corrected chi connectivity index (χ1v) is 7.91. The summed E-state index contributed by atoms with van der Waals surface area (Å²) in [5.74, 6) is 2.47. The fraction of sp³-hybridized carbons (Fsp3) is 0.364. The lowest BCUT2D eigenvalue weighted by Crippen LogP contribution is -2.16. The van der Waals surface area contributed by atoms with Crippen molar-refractivity contribution in [3.63, 3.8) is 0 Å². The van der Waals surface area contributed by atoms with Gasteiger partial charge in [0.25, 0.3) is 0 Å². The molecule has 0 fully saturated rings. The van der Waals surface area contributed by atoms with Crippen LogP contribution in [0, 0.1) is 11.5 Å². The predicted molar refractivity (Wildman–Crippen MR) is 63.6 cm³/mol. The second-order valence-electron chi connectivity index (χ2n) is 3.91. The molecule has 0 aliphatic carbocycles. The molecule has 0 radical (unpaired) electrons. The van der Waals surface area contributed by atoms with Gasteiger partial charge in [-0.25, -0.2) is 4.99 Å². The van der Waals surface area contributed by atoms with Crippen molar-refractivity contribution in [1.82, 2.24) is 0 Å². The fourth-order valence-electron chi connectivity index (χ4n) is 0.554. The zero-order valence-electron chi connectivity index (χ0n) is 9.19. The zero-order valence-corrected chi connectivity index (χ0v) is 10.2. The smallest absolute Gasteiger partial charge is 0.185 e. The van der Waals surface area contributed by atoms with E-state index in [2.05, 4.69) is 42.7 Å². The van der Waals surface area contributed by atoms with Crippen LogP contribution in [0.15, 0.2) is 29.4 Å². The molecule has 76 valence electrons. The lowest BCUT2D eigenvalue weighted by Gasteiger charge is -2.03. The molecule has 0 heterocycles. The van der Waals surface area contributed by atoms with Crippen molar-refractivity contribution in [2.24, 2.45) is 4.99 Å². The van der Waals surface area contributed by atoms with Crippen molar-refractivity contribution >= 4 is 14.0 Å². The van der Waals surface area contributed by atoms with Crippen molar-refractivity contribution in [3.8, 4) is 11.5 Å². The molecule has 14 heavy (non-hydrogen) atoms. The van der Waals surface area contributed by atoms with E-state index in [-0.39, 0.29) is 0 Å². The average Bonchev–Trinajstić information content (AvgIpc) is 2.02. The Balaban J connectivity index is 4.75. The quantitative estimate of drug-likeness (QED) is 0.286. The molecule has 0 unspecified atom stereocenters. The molecule has 0 N–H and O–H groups in total. The number of hydrogen-bond acceptors (Lipinski definition) is 1. The second kappa shape index (κ2) is 5.56. The van der Waals surface area contributed by atoms with Gasteiger partial charge in [0, 0.05) is 18.7 Å². The highest BCUT2D eigenvalue weighted by Gasteiger charge is 2.07. The molecule has 1 nitrogen and oxygen atoms in total. The molecule has 0 aromatic heterocycles.